The van der Waals surface area contributed by atoms with Gasteiger partial charge in [0.2, 0.25) is 5.79 Å². The van der Waals surface area contributed by atoms with Crippen molar-refractivity contribution in [2.45, 2.75) is 11.9 Å². The van der Waals surface area contributed by atoms with Crippen LogP contribution in [0.2, 0.25) is 0 Å². The number of hydrogen-bond donors (Lipinski definition) is 1. The molecule has 0 aromatic carbocycles. The Hall–Kier alpha value is -1.12. The molecule has 60 valence electrons. The van der Waals surface area contributed by atoms with Crippen LogP contribution in [0.5, 0.6) is 0 Å². The first-order valence-electron chi connectivity index (χ1n) is 3.98. The smallest absolute Gasteiger partial charge is 0.224 e. The maximum atomic E-state index is 9.78. The standard InChI is InChI=1S/C10H8O2/c11-10-8-5-3-1-2-4-7(8)6-9(10)12-10/h1-6,9,11H. The van der Waals surface area contributed by atoms with Gasteiger partial charge in [-0.15, -0.1) is 0 Å². The minimum Gasteiger partial charge on any atom is -0.359 e. The summed E-state index contributed by atoms with van der Waals surface area (Å²) in [4.78, 5) is 0. The molecule has 0 bridgehead atoms. The molecule has 2 aliphatic carbocycles. The first kappa shape index (κ1) is 6.40. The number of ether oxygens (including phenoxy) is 1. The van der Waals surface area contributed by atoms with Crippen LogP contribution < -0.4 is 0 Å². The summed E-state index contributed by atoms with van der Waals surface area (Å²) < 4.78 is 5.11. The number of hydrogen-bond acceptors (Lipinski definition) is 2. The highest BCUT2D eigenvalue weighted by molar-refractivity contribution is 5.58. The van der Waals surface area contributed by atoms with Gasteiger partial charge in [0, 0.05) is 5.57 Å². The summed E-state index contributed by atoms with van der Waals surface area (Å²) in [7, 11) is 0. The second-order valence-electron chi connectivity index (χ2n) is 3.18. The molecular weight excluding hydrogens is 152 g/mol. The molecule has 1 aliphatic heterocycles. The van der Waals surface area contributed by atoms with Crippen LogP contribution in [0.25, 0.3) is 0 Å². The summed E-state index contributed by atoms with van der Waals surface area (Å²) >= 11 is 0. The highest BCUT2D eigenvalue weighted by atomic mass is 16.7. The molecule has 3 aliphatic rings. The predicted molar refractivity (Wildman–Crippen MR) is 44.3 cm³/mol. The van der Waals surface area contributed by atoms with Gasteiger partial charge in [0.1, 0.15) is 6.10 Å². The normalized spacial score (nSPS) is 41.2. The average molecular weight is 160 g/mol. The van der Waals surface area contributed by atoms with Gasteiger partial charge in [-0.25, -0.2) is 0 Å². The van der Waals surface area contributed by atoms with Crippen molar-refractivity contribution in [3.8, 4) is 0 Å². The Morgan fingerprint density at radius 2 is 2.25 bits per heavy atom. The summed E-state index contributed by atoms with van der Waals surface area (Å²) in [6.45, 7) is 0. The second kappa shape index (κ2) is 1.79. The lowest BCUT2D eigenvalue weighted by atomic mass is 10.1. The fraction of sp³-hybridized carbons (Fsp3) is 0.200. The summed E-state index contributed by atoms with van der Waals surface area (Å²) in [5, 5.41) is 9.78. The Labute approximate surface area is 70.2 Å². The van der Waals surface area contributed by atoms with Crippen LogP contribution >= 0.6 is 0 Å². The van der Waals surface area contributed by atoms with Crippen LogP contribution in [0.3, 0.4) is 0 Å². The third-order valence-electron chi connectivity index (χ3n) is 2.42. The van der Waals surface area contributed by atoms with E-state index < -0.39 is 5.79 Å². The molecule has 1 N–H and O–H groups in total. The van der Waals surface area contributed by atoms with Crippen LogP contribution in [0.1, 0.15) is 0 Å². The van der Waals surface area contributed by atoms with Gasteiger partial charge < -0.3 is 9.84 Å². The third-order valence-corrected chi connectivity index (χ3v) is 2.42. The van der Waals surface area contributed by atoms with E-state index in [9.17, 15) is 5.11 Å². The highest BCUT2D eigenvalue weighted by Gasteiger charge is 2.61. The van der Waals surface area contributed by atoms with Gasteiger partial charge >= 0.3 is 0 Å². The molecule has 3 rings (SSSR count). The lowest BCUT2D eigenvalue weighted by molar-refractivity contribution is 0.0736. The molecule has 1 fully saturated rings. The van der Waals surface area contributed by atoms with Crippen molar-refractivity contribution in [3.63, 3.8) is 0 Å². The van der Waals surface area contributed by atoms with Gasteiger partial charge in [-0.3, -0.25) is 0 Å². The summed E-state index contributed by atoms with van der Waals surface area (Å²) in [6, 6.07) is 0. The summed E-state index contributed by atoms with van der Waals surface area (Å²) in [5.74, 6) is -0.992. The third kappa shape index (κ3) is 0.618. The largest absolute Gasteiger partial charge is 0.359 e. The highest BCUT2D eigenvalue weighted by Crippen LogP contribution is 2.50. The zero-order chi connectivity index (χ0) is 8.18. The Morgan fingerprint density at radius 1 is 1.33 bits per heavy atom. The van der Waals surface area contributed by atoms with Gasteiger partial charge in [-0.1, -0.05) is 30.4 Å². The number of aliphatic hydroxyl groups is 1. The lowest BCUT2D eigenvalue weighted by Gasteiger charge is -2.05. The molecule has 0 aromatic rings. The van der Waals surface area contributed by atoms with Gasteiger partial charge in [0.25, 0.3) is 0 Å². The molecule has 1 heterocycles. The molecule has 0 amide bonds. The number of rotatable bonds is 0. The van der Waals surface area contributed by atoms with E-state index in [4.69, 9.17) is 4.74 Å². The van der Waals surface area contributed by atoms with Gasteiger partial charge in [0.05, 0.1) is 0 Å². The van der Waals surface area contributed by atoms with Crippen molar-refractivity contribution in [1.82, 2.24) is 0 Å². The van der Waals surface area contributed by atoms with E-state index in [1.807, 2.05) is 36.5 Å². The van der Waals surface area contributed by atoms with E-state index in [2.05, 4.69) is 0 Å². The summed E-state index contributed by atoms with van der Waals surface area (Å²) in [6.07, 6.45) is 11.6. The van der Waals surface area contributed by atoms with Crippen LogP contribution in [-0.4, -0.2) is 17.0 Å². The van der Waals surface area contributed by atoms with E-state index in [1.54, 1.807) is 0 Å². The van der Waals surface area contributed by atoms with Crippen LogP contribution in [0.4, 0.5) is 0 Å². The Morgan fingerprint density at radius 3 is 3.17 bits per heavy atom. The van der Waals surface area contributed by atoms with Crippen molar-refractivity contribution in [2.24, 2.45) is 0 Å². The lowest BCUT2D eigenvalue weighted by Crippen LogP contribution is -2.12. The van der Waals surface area contributed by atoms with Crippen LogP contribution in [0, 0.1) is 0 Å². The molecule has 0 spiro atoms. The number of fused-ring (bicyclic) bond motifs is 3. The molecule has 2 unspecified atom stereocenters. The second-order valence-corrected chi connectivity index (χ2v) is 3.18. The van der Waals surface area contributed by atoms with Crippen LogP contribution in [0.15, 0.2) is 47.6 Å². The van der Waals surface area contributed by atoms with Crippen molar-refractivity contribution in [3.05, 3.63) is 47.6 Å². The topological polar surface area (TPSA) is 32.8 Å². The van der Waals surface area contributed by atoms with E-state index in [-0.39, 0.29) is 6.10 Å². The molecule has 0 aromatic heterocycles. The molecule has 0 radical (unpaired) electrons. The van der Waals surface area contributed by atoms with Crippen molar-refractivity contribution in [2.75, 3.05) is 0 Å². The predicted octanol–water partition coefficient (Wildman–Crippen LogP) is 1.07. The molecule has 12 heavy (non-hydrogen) atoms. The minimum absolute atomic E-state index is 0.102. The SMILES string of the molecule is OC12OC1C=C1C=CC=CC=C12. The summed E-state index contributed by atoms with van der Waals surface area (Å²) in [5.41, 5.74) is 1.97. The van der Waals surface area contributed by atoms with Gasteiger partial charge in [-0.05, 0) is 11.6 Å². The quantitative estimate of drug-likeness (QED) is 0.537. The van der Waals surface area contributed by atoms with E-state index in [0.29, 0.717) is 0 Å². The maximum absolute atomic E-state index is 9.78. The molecule has 2 heteroatoms. The van der Waals surface area contributed by atoms with Crippen molar-refractivity contribution >= 4 is 0 Å². The van der Waals surface area contributed by atoms with Gasteiger partial charge in [-0.2, -0.15) is 0 Å². The van der Waals surface area contributed by atoms with E-state index in [0.717, 1.165) is 11.1 Å². The van der Waals surface area contributed by atoms with E-state index >= 15 is 0 Å². The van der Waals surface area contributed by atoms with E-state index in [1.165, 1.54) is 0 Å². The zero-order valence-electron chi connectivity index (χ0n) is 6.40. The monoisotopic (exact) mass is 160 g/mol. The Kier molecular flexibility index (Phi) is 0.953. The molecule has 2 nitrogen and oxygen atoms in total. The first-order chi connectivity index (χ1) is 5.81. The zero-order valence-corrected chi connectivity index (χ0v) is 6.40. The van der Waals surface area contributed by atoms with Crippen molar-refractivity contribution in [1.29, 1.82) is 0 Å². The minimum atomic E-state index is -0.992. The maximum Gasteiger partial charge on any atom is 0.224 e. The fourth-order valence-electron chi connectivity index (χ4n) is 1.72. The first-order valence-corrected chi connectivity index (χ1v) is 3.98. The number of allylic oxidation sites excluding steroid dienone is 5. The molecule has 0 saturated carbocycles. The molecular formula is C10H8O2. The fourth-order valence-corrected chi connectivity index (χ4v) is 1.72. The van der Waals surface area contributed by atoms with Crippen LogP contribution in [-0.2, 0) is 4.74 Å². The molecule has 2 atom stereocenters. The van der Waals surface area contributed by atoms with Crippen molar-refractivity contribution < 1.29 is 9.84 Å². The Balaban J connectivity index is 2.16. The number of epoxide rings is 1. The average Bonchev–Trinajstić information content (AvgIpc) is 2.69. The Bertz CT molecular complexity index is 360. The molecule has 1 saturated heterocycles. The van der Waals surface area contributed by atoms with Gasteiger partial charge in [0.15, 0.2) is 0 Å².